The minimum absolute atomic E-state index is 0.522. The van der Waals surface area contributed by atoms with E-state index in [1.165, 1.54) is 5.56 Å². The van der Waals surface area contributed by atoms with Crippen LogP contribution in [0.3, 0.4) is 0 Å². The molecule has 2 aromatic rings. The molecule has 0 aliphatic rings. The van der Waals surface area contributed by atoms with E-state index in [1.807, 2.05) is 18.2 Å². The molecule has 0 unspecified atom stereocenters. The minimum Gasteiger partial charge on any atom is -0.302 e. The first-order valence-electron chi connectivity index (χ1n) is 6.36. The Labute approximate surface area is 114 Å². The Morgan fingerprint density at radius 2 is 1.95 bits per heavy atom. The summed E-state index contributed by atoms with van der Waals surface area (Å²) in [5.41, 5.74) is 2.84. The predicted octanol–water partition coefficient (Wildman–Crippen LogP) is 2.63. The van der Waals surface area contributed by atoms with E-state index in [-0.39, 0.29) is 0 Å². The number of nitriles is 1. The van der Waals surface area contributed by atoms with Gasteiger partial charge in [-0.3, -0.25) is 0 Å². The van der Waals surface area contributed by atoms with Gasteiger partial charge < -0.3 is 4.90 Å². The van der Waals surface area contributed by atoms with Crippen LogP contribution in [0.1, 0.15) is 16.8 Å². The fourth-order valence-corrected chi connectivity index (χ4v) is 2.00. The van der Waals surface area contributed by atoms with Crippen molar-refractivity contribution < 1.29 is 0 Å². The second-order valence-electron chi connectivity index (χ2n) is 4.60. The van der Waals surface area contributed by atoms with Crippen molar-refractivity contribution >= 4 is 0 Å². The molecule has 0 radical (unpaired) electrons. The van der Waals surface area contributed by atoms with E-state index >= 15 is 0 Å². The monoisotopic (exact) mass is 251 g/mol. The topological polar surface area (TPSA) is 39.9 Å². The van der Waals surface area contributed by atoms with Crippen LogP contribution >= 0.6 is 0 Å². The van der Waals surface area contributed by atoms with Gasteiger partial charge in [0.05, 0.1) is 0 Å². The van der Waals surface area contributed by atoms with E-state index < -0.39 is 0 Å². The van der Waals surface area contributed by atoms with Crippen LogP contribution in [0.25, 0.3) is 0 Å². The summed E-state index contributed by atoms with van der Waals surface area (Å²) in [5, 5.41) is 9.01. The van der Waals surface area contributed by atoms with Crippen molar-refractivity contribution in [2.45, 2.75) is 13.0 Å². The molecule has 0 saturated carbocycles. The molecular weight excluding hydrogens is 234 g/mol. The van der Waals surface area contributed by atoms with Crippen LogP contribution < -0.4 is 0 Å². The van der Waals surface area contributed by atoms with Crippen molar-refractivity contribution in [3.63, 3.8) is 0 Å². The van der Waals surface area contributed by atoms with Crippen molar-refractivity contribution in [1.82, 2.24) is 9.88 Å². The van der Waals surface area contributed by atoms with Gasteiger partial charge in [-0.25, -0.2) is 4.98 Å². The summed E-state index contributed by atoms with van der Waals surface area (Å²) >= 11 is 0. The summed E-state index contributed by atoms with van der Waals surface area (Å²) in [7, 11) is 2.07. The molecule has 0 bridgehead atoms. The highest BCUT2D eigenvalue weighted by atomic mass is 15.1. The summed E-state index contributed by atoms with van der Waals surface area (Å²) < 4.78 is 0. The van der Waals surface area contributed by atoms with Gasteiger partial charge in [0.15, 0.2) is 0 Å². The number of rotatable bonds is 5. The first kappa shape index (κ1) is 13.3. The first-order valence-corrected chi connectivity index (χ1v) is 6.36. The second-order valence-corrected chi connectivity index (χ2v) is 4.60. The van der Waals surface area contributed by atoms with Crippen LogP contribution in [0.15, 0.2) is 48.7 Å². The Kier molecular flexibility index (Phi) is 4.66. The molecule has 3 heteroatoms. The van der Waals surface area contributed by atoms with Crippen molar-refractivity contribution in [3.8, 4) is 6.07 Å². The minimum atomic E-state index is 0.522. The van der Waals surface area contributed by atoms with E-state index in [4.69, 9.17) is 5.26 Å². The molecule has 0 fully saturated rings. The van der Waals surface area contributed by atoms with Crippen LogP contribution in [0.5, 0.6) is 0 Å². The lowest BCUT2D eigenvalue weighted by Gasteiger charge is -2.17. The van der Waals surface area contributed by atoms with E-state index in [0.717, 1.165) is 25.1 Å². The van der Waals surface area contributed by atoms with Gasteiger partial charge in [0, 0.05) is 24.8 Å². The Morgan fingerprint density at radius 3 is 2.68 bits per heavy atom. The molecule has 1 aromatic carbocycles. The van der Waals surface area contributed by atoms with Crippen LogP contribution in [-0.4, -0.2) is 23.5 Å². The number of aromatic nitrogens is 1. The SMILES string of the molecule is CN(CCc1ccccc1)Cc1cccnc1C#N. The molecule has 0 amide bonds. The Hall–Kier alpha value is -2.18. The van der Waals surface area contributed by atoms with Gasteiger partial charge in [-0.15, -0.1) is 0 Å². The molecule has 19 heavy (non-hydrogen) atoms. The smallest absolute Gasteiger partial charge is 0.144 e. The normalized spacial score (nSPS) is 10.4. The maximum absolute atomic E-state index is 9.01. The zero-order chi connectivity index (χ0) is 13.5. The molecule has 3 nitrogen and oxygen atoms in total. The molecule has 0 saturated heterocycles. The number of hydrogen-bond donors (Lipinski definition) is 0. The van der Waals surface area contributed by atoms with Gasteiger partial charge in [-0.05, 0) is 25.1 Å². The summed E-state index contributed by atoms with van der Waals surface area (Å²) in [6, 6.07) is 16.4. The maximum atomic E-state index is 9.01. The van der Waals surface area contributed by atoms with Gasteiger partial charge in [0.25, 0.3) is 0 Å². The third kappa shape index (κ3) is 3.90. The Bertz CT molecular complexity index is 558. The summed E-state index contributed by atoms with van der Waals surface area (Å²) in [4.78, 5) is 6.29. The highest BCUT2D eigenvalue weighted by Crippen LogP contribution is 2.08. The molecule has 0 aliphatic carbocycles. The quantitative estimate of drug-likeness (QED) is 0.820. The fraction of sp³-hybridized carbons (Fsp3) is 0.250. The molecular formula is C16H17N3. The zero-order valence-corrected chi connectivity index (χ0v) is 11.1. The van der Waals surface area contributed by atoms with Crippen molar-refractivity contribution in [1.29, 1.82) is 5.26 Å². The van der Waals surface area contributed by atoms with E-state index in [2.05, 4.69) is 47.3 Å². The zero-order valence-electron chi connectivity index (χ0n) is 11.1. The van der Waals surface area contributed by atoms with E-state index in [9.17, 15) is 0 Å². The lowest BCUT2D eigenvalue weighted by atomic mass is 10.1. The average molecular weight is 251 g/mol. The third-order valence-electron chi connectivity index (χ3n) is 3.06. The lowest BCUT2D eigenvalue weighted by molar-refractivity contribution is 0.330. The fourth-order valence-electron chi connectivity index (χ4n) is 2.00. The predicted molar refractivity (Wildman–Crippen MR) is 75.4 cm³/mol. The average Bonchev–Trinajstić information content (AvgIpc) is 2.47. The summed E-state index contributed by atoms with van der Waals surface area (Å²) in [6.07, 6.45) is 2.67. The van der Waals surface area contributed by atoms with Gasteiger partial charge >= 0.3 is 0 Å². The molecule has 1 heterocycles. The maximum Gasteiger partial charge on any atom is 0.144 e. The number of likely N-dealkylation sites (N-methyl/N-ethyl adjacent to an activating group) is 1. The molecule has 0 spiro atoms. The van der Waals surface area contributed by atoms with Crippen molar-refractivity contribution in [2.24, 2.45) is 0 Å². The van der Waals surface area contributed by atoms with Crippen LogP contribution in [0.2, 0.25) is 0 Å². The van der Waals surface area contributed by atoms with Crippen LogP contribution in [0, 0.1) is 11.3 Å². The summed E-state index contributed by atoms with van der Waals surface area (Å²) in [6.45, 7) is 1.72. The Balaban J connectivity index is 1.91. The van der Waals surface area contributed by atoms with E-state index in [0.29, 0.717) is 5.69 Å². The molecule has 1 aromatic heterocycles. The van der Waals surface area contributed by atoms with Gasteiger partial charge in [-0.2, -0.15) is 5.26 Å². The van der Waals surface area contributed by atoms with E-state index in [1.54, 1.807) is 6.20 Å². The molecule has 2 rings (SSSR count). The van der Waals surface area contributed by atoms with Gasteiger partial charge in [0.2, 0.25) is 0 Å². The number of pyridine rings is 1. The molecule has 0 aliphatic heterocycles. The number of benzene rings is 1. The first-order chi connectivity index (χ1) is 9.29. The van der Waals surface area contributed by atoms with Gasteiger partial charge in [0.1, 0.15) is 11.8 Å². The van der Waals surface area contributed by atoms with Crippen LogP contribution in [-0.2, 0) is 13.0 Å². The largest absolute Gasteiger partial charge is 0.302 e. The molecule has 96 valence electrons. The highest BCUT2D eigenvalue weighted by molar-refractivity contribution is 5.30. The number of nitrogens with zero attached hydrogens (tertiary/aromatic N) is 3. The second kappa shape index (κ2) is 6.67. The van der Waals surface area contributed by atoms with Crippen LogP contribution in [0.4, 0.5) is 0 Å². The molecule has 0 N–H and O–H groups in total. The highest BCUT2D eigenvalue weighted by Gasteiger charge is 2.06. The molecule has 0 atom stereocenters. The van der Waals surface area contributed by atoms with Crippen molar-refractivity contribution in [3.05, 3.63) is 65.5 Å². The standard InChI is InChI=1S/C16H17N3/c1-19(11-9-14-6-3-2-4-7-14)13-15-8-5-10-18-16(15)12-17/h2-8,10H,9,11,13H2,1H3. The third-order valence-corrected chi connectivity index (χ3v) is 3.06. The summed E-state index contributed by atoms with van der Waals surface area (Å²) in [5.74, 6) is 0. The lowest BCUT2D eigenvalue weighted by Crippen LogP contribution is -2.21. The Morgan fingerprint density at radius 1 is 1.16 bits per heavy atom. The van der Waals surface area contributed by atoms with Gasteiger partial charge in [-0.1, -0.05) is 36.4 Å². The van der Waals surface area contributed by atoms with Crippen molar-refractivity contribution in [2.75, 3.05) is 13.6 Å². The number of hydrogen-bond acceptors (Lipinski definition) is 3.